The molecule has 0 aliphatic carbocycles. The van der Waals surface area contributed by atoms with Crippen molar-refractivity contribution >= 4 is 11.5 Å². The van der Waals surface area contributed by atoms with Crippen molar-refractivity contribution < 1.29 is 9.18 Å². The highest BCUT2D eigenvalue weighted by Gasteiger charge is 2.14. The highest BCUT2D eigenvalue weighted by atomic mass is 19.1. The number of rotatable bonds is 6. The molecule has 0 aliphatic rings. The van der Waals surface area contributed by atoms with E-state index in [4.69, 9.17) is 0 Å². The Balaban J connectivity index is 2.72. The van der Waals surface area contributed by atoms with Crippen molar-refractivity contribution in [1.82, 2.24) is 0 Å². The first-order valence-electron chi connectivity index (χ1n) is 6.11. The maximum atomic E-state index is 12.8. The zero-order valence-corrected chi connectivity index (χ0v) is 10.7. The second kappa shape index (κ2) is 6.38. The average molecular weight is 237 g/mol. The van der Waals surface area contributed by atoms with Crippen LogP contribution in [0.2, 0.25) is 0 Å². The Kier molecular flexibility index (Phi) is 5.13. The molecule has 3 heteroatoms. The van der Waals surface area contributed by atoms with Gasteiger partial charge < -0.3 is 4.90 Å². The molecule has 0 aromatic heterocycles. The van der Waals surface area contributed by atoms with Gasteiger partial charge in [0.25, 0.3) is 0 Å². The first-order valence-corrected chi connectivity index (χ1v) is 6.11. The minimum Gasteiger partial charge on any atom is -0.364 e. The number of Topliss-reactive ketones (excluding diaryl/α,β-unsaturated/α-hetero) is 1. The van der Waals surface area contributed by atoms with Crippen molar-refractivity contribution in [2.24, 2.45) is 5.92 Å². The molecule has 0 saturated heterocycles. The SMILES string of the molecule is CCC(C)C(=O)CN(CC)c1ccc(F)cc1. The molecule has 0 N–H and O–H groups in total. The van der Waals surface area contributed by atoms with E-state index >= 15 is 0 Å². The maximum Gasteiger partial charge on any atom is 0.154 e. The fourth-order valence-corrected chi connectivity index (χ4v) is 1.61. The number of halogens is 1. The molecule has 94 valence electrons. The summed E-state index contributed by atoms with van der Waals surface area (Å²) in [4.78, 5) is 13.8. The maximum absolute atomic E-state index is 12.8. The molecular weight excluding hydrogens is 217 g/mol. The smallest absolute Gasteiger partial charge is 0.154 e. The van der Waals surface area contributed by atoms with Crippen LogP contribution in [-0.2, 0) is 4.79 Å². The molecule has 1 atom stereocenters. The number of nitrogens with zero attached hydrogens (tertiary/aromatic N) is 1. The Morgan fingerprint density at radius 3 is 2.35 bits per heavy atom. The van der Waals surface area contributed by atoms with E-state index in [0.29, 0.717) is 6.54 Å². The van der Waals surface area contributed by atoms with Gasteiger partial charge in [-0.05, 0) is 37.6 Å². The average Bonchev–Trinajstić information content (AvgIpc) is 2.35. The summed E-state index contributed by atoms with van der Waals surface area (Å²) < 4.78 is 12.8. The minimum atomic E-state index is -0.252. The fourth-order valence-electron chi connectivity index (χ4n) is 1.61. The molecule has 0 amide bonds. The molecule has 0 fully saturated rings. The molecular formula is C14H20FNO. The van der Waals surface area contributed by atoms with Crippen molar-refractivity contribution in [3.05, 3.63) is 30.1 Å². The van der Waals surface area contributed by atoms with Gasteiger partial charge in [0.05, 0.1) is 6.54 Å². The molecule has 0 aliphatic heterocycles. The molecule has 0 saturated carbocycles. The lowest BCUT2D eigenvalue weighted by atomic mass is 10.0. The third-order valence-electron chi connectivity index (χ3n) is 3.08. The molecule has 0 radical (unpaired) electrons. The van der Waals surface area contributed by atoms with Crippen LogP contribution in [0.25, 0.3) is 0 Å². The van der Waals surface area contributed by atoms with Gasteiger partial charge in [0.1, 0.15) is 5.82 Å². The monoisotopic (exact) mass is 237 g/mol. The van der Waals surface area contributed by atoms with Gasteiger partial charge in [-0.3, -0.25) is 4.79 Å². The van der Waals surface area contributed by atoms with Gasteiger partial charge in [-0.2, -0.15) is 0 Å². The van der Waals surface area contributed by atoms with E-state index in [1.54, 1.807) is 12.1 Å². The second-order valence-corrected chi connectivity index (χ2v) is 4.27. The molecule has 17 heavy (non-hydrogen) atoms. The quantitative estimate of drug-likeness (QED) is 0.757. The van der Waals surface area contributed by atoms with Gasteiger partial charge in [0.2, 0.25) is 0 Å². The first-order chi connectivity index (χ1) is 8.08. The Morgan fingerprint density at radius 2 is 1.88 bits per heavy atom. The van der Waals surface area contributed by atoms with Crippen LogP contribution in [0.5, 0.6) is 0 Å². The zero-order chi connectivity index (χ0) is 12.8. The number of benzene rings is 1. The minimum absolute atomic E-state index is 0.0875. The lowest BCUT2D eigenvalue weighted by molar-refractivity contribution is -0.121. The number of hydrogen-bond donors (Lipinski definition) is 0. The molecule has 1 unspecified atom stereocenters. The van der Waals surface area contributed by atoms with E-state index in [1.807, 2.05) is 25.7 Å². The highest BCUT2D eigenvalue weighted by molar-refractivity contribution is 5.85. The normalized spacial score (nSPS) is 12.2. The van der Waals surface area contributed by atoms with Gasteiger partial charge >= 0.3 is 0 Å². The second-order valence-electron chi connectivity index (χ2n) is 4.27. The molecule has 2 nitrogen and oxygen atoms in total. The van der Waals surface area contributed by atoms with Gasteiger partial charge in [-0.15, -0.1) is 0 Å². The van der Waals surface area contributed by atoms with Crippen molar-refractivity contribution in [1.29, 1.82) is 0 Å². The number of carbonyl (C=O) groups excluding carboxylic acids is 1. The summed E-state index contributed by atoms with van der Waals surface area (Å²) in [7, 11) is 0. The van der Waals surface area contributed by atoms with Crippen molar-refractivity contribution in [3.63, 3.8) is 0 Å². The largest absolute Gasteiger partial charge is 0.364 e. The summed E-state index contributed by atoms with van der Waals surface area (Å²) in [5, 5.41) is 0. The van der Waals surface area contributed by atoms with E-state index in [1.165, 1.54) is 12.1 Å². The summed E-state index contributed by atoms with van der Waals surface area (Å²) >= 11 is 0. The Morgan fingerprint density at radius 1 is 1.29 bits per heavy atom. The van der Waals surface area contributed by atoms with Crippen molar-refractivity contribution in [2.45, 2.75) is 27.2 Å². The number of ketones is 1. The van der Waals surface area contributed by atoms with Crippen molar-refractivity contribution in [2.75, 3.05) is 18.0 Å². The van der Waals surface area contributed by atoms with Crippen LogP contribution in [-0.4, -0.2) is 18.9 Å². The summed E-state index contributed by atoms with van der Waals surface area (Å²) in [6.07, 6.45) is 0.861. The number of hydrogen-bond acceptors (Lipinski definition) is 2. The van der Waals surface area contributed by atoms with Crippen LogP contribution in [0, 0.1) is 11.7 Å². The Bertz CT molecular complexity index is 361. The topological polar surface area (TPSA) is 20.3 Å². The number of carbonyl (C=O) groups is 1. The summed E-state index contributed by atoms with van der Waals surface area (Å²) in [6, 6.07) is 6.27. The predicted octanol–water partition coefficient (Wildman–Crippen LogP) is 3.27. The van der Waals surface area contributed by atoms with Crippen LogP contribution in [0.1, 0.15) is 27.2 Å². The van der Waals surface area contributed by atoms with E-state index in [9.17, 15) is 9.18 Å². The van der Waals surface area contributed by atoms with E-state index in [0.717, 1.165) is 18.7 Å². The summed E-state index contributed by atoms with van der Waals surface area (Å²) in [5.74, 6) is 0.0706. The predicted molar refractivity (Wildman–Crippen MR) is 68.7 cm³/mol. The first kappa shape index (κ1) is 13.7. The highest BCUT2D eigenvalue weighted by Crippen LogP contribution is 2.15. The number of anilines is 1. The van der Waals surface area contributed by atoms with E-state index in [2.05, 4.69) is 0 Å². The van der Waals surface area contributed by atoms with E-state index < -0.39 is 0 Å². The molecule has 1 aromatic carbocycles. The fraction of sp³-hybridized carbons (Fsp3) is 0.500. The lowest BCUT2D eigenvalue weighted by Gasteiger charge is -2.23. The van der Waals surface area contributed by atoms with Crippen LogP contribution in [0.3, 0.4) is 0 Å². The van der Waals surface area contributed by atoms with Crippen LogP contribution in [0.4, 0.5) is 10.1 Å². The lowest BCUT2D eigenvalue weighted by Crippen LogP contribution is -2.32. The third kappa shape index (κ3) is 3.84. The standard InChI is InChI=1S/C14H20FNO/c1-4-11(3)14(17)10-16(5-2)13-8-6-12(15)7-9-13/h6-9,11H,4-5,10H2,1-3H3. The van der Waals surface area contributed by atoms with Crippen LogP contribution < -0.4 is 4.90 Å². The van der Waals surface area contributed by atoms with Crippen LogP contribution >= 0.6 is 0 Å². The summed E-state index contributed by atoms with van der Waals surface area (Å²) in [6.45, 7) is 7.09. The Hall–Kier alpha value is -1.38. The van der Waals surface area contributed by atoms with E-state index in [-0.39, 0.29) is 17.5 Å². The molecule has 0 bridgehead atoms. The number of likely N-dealkylation sites (N-methyl/N-ethyl adjacent to an activating group) is 1. The van der Waals surface area contributed by atoms with Gasteiger partial charge in [-0.25, -0.2) is 4.39 Å². The molecule has 0 heterocycles. The molecule has 1 aromatic rings. The van der Waals surface area contributed by atoms with Crippen LogP contribution in [0.15, 0.2) is 24.3 Å². The molecule has 0 spiro atoms. The zero-order valence-electron chi connectivity index (χ0n) is 10.7. The third-order valence-corrected chi connectivity index (χ3v) is 3.08. The summed E-state index contributed by atoms with van der Waals surface area (Å²) in [5.41, 5.74) is 0.894. The van der Waals surface area contributed by atoms with Crippen molar-refractivity contribution in [3.8, 4) is 0 Å². The molecule has 1 rings (SSSR count). The van der Waals surface area contributed by atoms with Gasteiger partial charge in [0.15, 0.2) is 5.78 Å². The Labute approximate surface area is 102 Å². The van der Waals surface area contributed by atoms with Gasteiger partial charge in [0, 0.05) is 18.2 Å². The van der Waals surface area contributed by atoms with Gasteiger partial charge in [-0.1, -0.05) is 13.8 Å².